The van der Waals surface area contributed by atoms with Crippen molar-refractivity contribution in [1.82, 2.24) is 9.36 Å². The second-order valence-electron chi connectivity index (χ2n) is 7.56. The first-order chi connectivity index (χ1) is 12.8. The number of rotatable bonds is 9. The van der Waals surface area contributed by atoms with Crippen molar-refractivity contribution in [2.24, 2.45) is 12.5 Å². The topological polar surface area (TPSA) is 65.6 Å². The van der Waals surface area contributed by atoms with Gasteiger partial charge < -0.3 is 14.6 Å². The minimum Gasteiger partial charge on any atom is -0.469 e. The van der Waals surface area contributed by atoms with Crippen LogP contribution in [0.15, 0.2) is 24.4 Å². The first-order valence-corrected chi connectivity index (χ1v) is 9.37. The third kappa shape index (κ3) is 4.45. The van der Waals surface area contributed by atoms with Crippen LogP contribution in [0.2, 0.25) is 0 Å². The minimum atomic E-state index is -0.872. The van der Waals surface area contributed by atoms with Gasteiger partial charge in [0.2, 0.25) is 0 Å². The van der Waals surface area contributed by atoms with E-state index in [2.05, 4.69) is 22.5 Å². The van der Waals surface area contributed by atoms with E-state index in [-0.39, 0.29) is 12.6 Å². The van der Waals surface area contributed by atoms with Crippen molar-refractivity contribution in [2.75, 3.05) is 7.11 Å². The lowest BCUT2D eigenvalue weighted by Crippen LogP contribution is -2.35. The summed E-state index contributed by atoms with van der Waals surface area (Å²) in [7, 11) is 3.39. The summed E-state index contributed by atoms with van der Waals surface area (Å²) in [6.45, 7) is 9.05. The van der Waals surface area contributed by atoms with E-state index in [1.54, 1.807) is 0 Å². The molecule has 0 aliphatic carbocycles. The number of esters is 1. The summed E-state index contributed by atoms with van der Waals surface area (Å²) in [6, 6.07) is 5.81. The third-order valence-electron chi connectivity index (χ3n) is 5.16. The summed E-state index contributed by atoms with van der Waals surface area (Å²) in [5, 5.41) is 9.61. The van der Waals surface area contributed by atoms with Crippen LogP contribution in [0.5, 0.6) is 0 Å². The van der Waals surface area contributed by atoms with Gasteiger partial charge in [0.15, 0.2) is 0 Å². The zero-order valence-electron chi connectivity index (χ0n) is 17.3. The number of hydrogen-bond donors (Lipinski definition) is 1. The Bertz CT molecular complexity index is 773. The summed E-state index contributed by atoms with van der Waals surface area (Å²) in [4.78, 5) is 12.4. The van der Waals surface area contributed by atoms with E-state index in [9.17, 15) is 9.90 Å². The lowest BCUT2D eigenvalue weighted by atomic mass is 9.81. The predicted molar refractivity (Wildman–Crippen MR) is 104 cm³/mol. The number of aromatic nitrogens is 2. The van der Waals surface area contributed by atoms with E-state index in [1.807, 2.05) is 46.0 Å². The van der Waals surface area contributed by atoms with Gasteiger partial charge in [0.25, 0.3) is 0 Å². The fourth-order valence-electron chi connectivity index (χ4n) is 3.31. The van der Waals surface area contributed by atoms with Crippen LogP contribution < -0.4 is 0 Å². The van der Waals surface area contributed by atoms with Gasteiger partial charge in [-0.2, -0.15) is 0 Å². The molecule has 0 amide bonds. The van der Waals surface area contributed by atoms with Crippen molar-refractivity contribution in [3.63, 3.8) is 0 Å². The third-order valence-corrected chi connectivity index (χ3v) is 5.16. The molecule has 2 rings (SSSR count). The molecule has 1 aromatic carbocycles. The Hall–Kier alpha value is -2.05. The maximum atomic E-state index is 12.4. The van der Waals surface area contributed by atoms with Crippen molar-refractivity contribution in [2.45, 2.75) is 60.0 Å². The van der Waals surface area contributed by atoms with E-state index in [4.69, 9.17) is 9.47 Å². The molecule has 150 valence electrons. The van der Waals surface area contributed by atoms with Gasteiger partial charge in [0.05, 0.1) is 37.5 Å². The summed E-state index contributed by atoms with van der Waals surface area (Å²) < 4.78 is 15.5. The van der Waals surface area contributed by atoms with Crippen LogP contribution in [0, 0.1) is 12.3 Å². The molecule has 6 heteroatoms. The monoisotopic (exact) mass is 376 g/mol. The smallest absolute Gasteiger partial charge is 0.314 e. The van der Waals surface area contributed by atoms with Crippen molar-refractivity contribution >= 4 is 5.97 Å². The molecule has 1 unspecified atom stereocenters. The fraction of sp³-hybridized carbons (Fsp3) is 0.571. The van der Waals surface area contributed by atoms with E-state index >= 15 is 0 Å². The molecule has 0 spiro atoms. The molecule has 6 nitrogen and oxygen atoms in total. The highest BCUT2D eigenvalue weighted by Crippen LogP contribution is 2.39. The highest BCUT2D eigenvalue weighted by atomic mass is 16.5. The number of benzene rings is 1. The zero-order chi connectivity index (χ0) is 20.2. The molecule has 0 radical (unpaired) electrons. The van der Waals surface area contributed by atoms with Crippen LogP contribution in [0.4, 0.5) is 0 Å². The number of methoxy groups -OCH3 is 1. The Labute approximate surface area is 161 Å². The van der Waals surface area contributed by atoms with Crippen LogP contribution in [-0.2, 0) is 41.1 Å². The van der Waals surface area contributed by atoms with Gasteiger partial charge in [-0.25, -0.2) is 0 Å². The number of carbonyl (C=O) groups is 1. The van der Waals surface area contributed by atoms with Gasteiger partial charge in [-0.1, -0.05) is 25.1 Å². The second-order valence-corrected chi connectivity index (χ2v) is 7.56. The molecule has 0 aliphatic heterocycles. The molecule has 1 N–H and O–H groups in total. The van der Waals surface area contributed by atoms with Crippen molar-refractivity contribution in [3.8, 4) is 0 Å². The Morgan fingerprint density at radius 1 is 1.33 bits per heavy atom. The molecule has 2 aromatic rings. The molecule has 1 atom stereocenters. The predicted octanol–water partition coefficient (Wildman–Crippen LogP) is 3.49. The van der Waals surface area contributed by atoms with Gasteiger partial charge in [-0.3, -0.25) is 14.2 Å². The summed E-state index contributed by atoms with van der Waals surface area (Å²) in [6.07, 6.45) is 2.64. The van der Waals surface area contributed by atoms with E-state index in [0.29, 0.717) is 6.61 Å². The Balaban J connectivity index is 2.30. The van der Waals surface area contributed by atoms with E-state index in [0.717, 1.165) is 35.3 Å². The van der Waals surface area contributed by atoms with Crippen LogP contribution in [0.3, 0.4) is 0 Å². The molecule has 0 saturated heterocycles. The molecular formula is C21H32N2O4. The van der Waals surface area contributed by atoms with Crippen molar-refractivity contribution in [3.05, 3.63) is 46.8 Å². The van der Waals surface area contributed by atoms with E-state index < -0.39 is 11.5 Å². The van der Waals surface area contributed by atoms with Crippen molar-refractivity contribution < 1.29 is 19.4 Å². The lowest BCUT2D eigenvalue weighted by Gasteiger charge is -2.33. The number of nitrogens with zero attached hydrogens (tertiary/aromatic N) is 2. The van der Waals surface area contributed by atoms with Gasteiger partial charge in [0.1, 0.15) is 0 Å². The first kappa shape index (κ1) is 21.3. The Morgan fingerprint density at radius 3 is 2.59 bits per heavy atom. The van der Waals surface area contributed by atoms with Crippen LogP contribution in [0.1, 0.15) is 55.7 Å². The summed E-state index contributed by atoms with van der Waals surface area (Å²) in [5.41, 5.74) is 2.88. The SMILES string of the molecule is CCCn1cc(COC(c2ccc(C)c(CO)c2)C(C)(C)C(=O)OC)n1C. The van der Waals surface area contributed by atoms with Crippen LogP contribution >= 0.6 is 0 Å². The van der Waals surface area contributed by atoms with Crippen LogP contribution in [0.25, 0.3) is 0 Å². The number of aryl methyl sites for hydroxylation is 2. The molecule has 0 bridgehead atoms. The van der Waals surface area contributed by atoms with Gasteiger partial charge >= 0.3 is 5.97 Å². The average Bonchev–Trinajstić information content (AvgIpc) is 2.66. The van der Waals surface area contributed by atoms with E-state index in [1.165, 1.54) is 7.11 Å². The Morgan fingerprint density at radius 2 is 2.04 bits per heavy atom. The maximum absolute atomic E-state index is 12.4. The normalized spacial score (nSPS) is 13.0. The number of ether oxygens (including phenoxy) is 2. The maximum Gasteiger partial charge on any atom is 0.314 e. The Kier molecular flexibility index (Phi) is 6.89. The van der Waals surface area contributed by atoms with Gasteiger partial charge in [0, 0.05) is 19.8 Å². The quantitative estimate of drug-likeness (QED) is 0.681. The molecule has 1 heterocycles. The highest BCUT2D eigenvalue weighted by molar-refractivity contribution is 5.77. The highest BCUT2D eigenvalue weighted by Gasteiger charge is 2.40. The first-order valence-electron chi connectivity index (χ1n) is 9.37. The summed E-state index contributed by atoms with van der Waals surface area (Å²) >= 11 is 0. The molecule has 0 saturated carbocycles. The zero-order valence-corrected chi connectivity index (χ0v) is 17.3. The fourth-order valence-corrected chi connectivity index (χ4v) is 3.31. The number of carbonyl (C=O) groups excluding carboxylic acids is 1. The number of aliphatic hydroxyl groups excluding tert-OH is 1. The van der Waals surface area contributed by atoms with Crippen molar-refractivity contribution in [1.29, 1.82) is 0 Å². The standard InChI is InChI=1S/C21H32N2O4/c1-7-10-23-12-18(22(23)5)14-27-19(21(3,4)20(25)26-6)16-9-8-15(2)17(11-16)13-24/h8-9,11-12,19,24H,7,10,13-14H2,1-6H3. The molecule has 27 heavy (non-hydrogen) atoms. The second kappa shape index (κ2) is 8.76. The molecule has 1 aromatic heterocycles. The minimum absolute atomic E-state index is 0.0507. The molecular weight excluding hydrogens is 344 g/mol. The largest absolute Gasteiger partial charge is 0.469 e. The molecule has 0 fully saturated rings. The average molecular weight is 376 g/mol. The number of aliphatic hydroxyl groups is 1. The summed E-state index contributed by atoms with van der Waals surface area (Å²) in [5.74, 6) is -0.331. The van der Waals surface area contributed by atoms with Gasteiger partial charge in [-0.05, 0) is 43.9 Å². The van der Waals surface area contributed by atoms with Crippen LogP contribution in [-0.4, -0.2) is 27.5 Å². The lowest BCUT2D eigenvalue weighted by molar-refractivity contribution is -0.162. The molecule has 0 aliphatic rings. The van der Waals surface area contributed by atoms with Gasteiger partial charge in [-0.15, -0.1) is 0 Å². The number of hydrogen-bond acceptors (Lipinski definition) is 4.